The summed E-state index contributed by atoms with van der Waals surface area (Å²) < 4.78 is 0. The Hall–Kier alpha value is 0.860. The molecule has 0 amide bonds. The third-order valence-corrected chi connectivity index (χ3v) is 12.5. The SMILES string of the molecule is CP[C@H](C)C1CCCC1P(C1CCCCC1)C1CCCCC1. The summed E-state index contributed by atoms with van der Waals surface area (Å²) in [6, 6.07) is 0. The van der Waals surface area contributed by atoms with Gasteiger partial charge in [-0.1, -0.05) is 59.8 Å². The molecule has 0 nitrogen and oxygen atoms in total. The molecule has 0 heterocycles. The van der Waals surface area contributed by atoms with Crippen LogP contribution in [-0.2, 0) is 0 Å². The van der Waals surface area contributed by atoms with Crippen LogP contribution in [0.25, 0.3) is 0 Å². The standard InChI is InChI=1S/C20H38P2/c1-16(21-2)19-14-9-15-20(19)22(17-10-5-3-6-11-17)18-12-7-4-8-13-18/h16-21H,3-15H2,1-2H3/t16-,19?,20?/m1/s1. The van der Waals surface area contributed by atoms with Gasteiger partial charge in [0.25, 0.3) is 0 Å². The molecule has 0 N–H and O–H groups in total. The average Bonchev–Trinajstić information content (AvgIpc) is 3.06. The lowest BCUT2D eigenvalue weighted by atomic mass is 9.99. The quantitative estimate of drug-likeness (QED) is 0.473. The normalized spacial score (nSPS) is 34.0. The van der Waals surface area contributed by atoms with Gasteiger partial charge in [-0.25, -0.2) is 0 Å². The molecule has 128 valence electrons. The maximum Gasteiger partial charge on any atom is -0.0170 e. The Morgan fingerprint density at radius 2 is 1.27 bits per heavy atom. The van der Waals surface area contributed by atoms with Crippen molar-refractivity contribution in [1.82, 2.24) is 0 Å². The molecule has 0 spiro atoms. The minimum absolute atomic E-state index is 0.329. The van der Waals surface area contributed by atoms with Gasteiger partial charge < -0.3 is 0 Å². The second-order valence-electron chi connectivity index (χ2n) is 8.27. The smallest absolute Gasteiger partial charge is 0.0170 e. The highest BCUT2D eigenvalue weighted by Gasteiger charge is 2.42. The van der Waals surface area contributed by atoms with E-state index in [1.807, 2.05) is 0 Å². The summed E-state index contributed by atoms with van der Waals surface area (Å²) in [5.41, 5.74) is 4.53. The van der Waals surface area contributed by atoms with Crippen LogP contribution < -0.4 is 0 Å². The van der Waals surface area contributed by atoms with Gasteiger partial charge in [-0.3, -0.25) is 0 Å². The summed E-state index contributed by atoms with van der Waals surface area (Å²) in [4.78, 5) is 0. The van der Waals surface area contributed by atoms with Gasteiger partial charge in [-0.05, 0) is 73.7 Å². The van der Waals surface area contributed by atoms with Crippen LogP contribution in [0.4, 0.5) is 0 Å². The molecule has 0 aromatic carbocycles. The Balaban J connectivity index is 1.76. The average molecular weight is 340 g/mol. The molecule has 0 radical (unpaired) electrons. The molecule has 0 saturated heterocycles. The summed E-state index contributed by atoms with van der Waals surface area (Å²) in [6.07, 6.45) is 20.4. The van der Waals surface area contributed by atoms with Crippen molar-refractivity contribution in [3.05, 3.63) is 0 Å². The summed E-state index contributed by atoms with van der Waals surface area (Å²) in [7, 11) is 1.50. The molecule has 0 aromatic rings. The van der Waals surface area contributed by atoms with E-state index in [2.05, 4.69) is 13.6 Å². The third kappa shape index (κ3) is 4.09. The van der Waals surface area contributed by atoms with Crippen LogP contribution in [0.15, 0.2) is 0 Å². The van der Waals surface area contributed by atoms with Gasteiger partial charge >= 0.3 is 0 Å². The highest BCUT2D eigenvalue weighted by molar-refractivity contribution is 7.60. The third-order valence-electron chi connectivity index (χ3n) is 7.00. The number of hydrogen-bond acceptors (Lipinski definition) is 0. The molecule has 3 unspecified atom stereocenters. The van der Waals surface area contributed by atoms with Gasteiger partial charge in [-0.2, -0.15) is 0 Å². The van der Waals surface area contributed by atoms with Gasteiger partial charge in [0.2, 0.25) is 0 Å². The first kappa shape index (κ1) is 17.7. The van der Waals surface area contributed by atoms with Crippen molar-refractivity contribution in [3.8, 4) is 0 Å². The zero-order valence-electron chi connectivity index (χ0n) is 15.0. The van der Waals surface area contributed by atoms with Gasteiger partial charge in [0, 0.05) is 0 Å². The maximum atomic E-state index is 2.58. The van der Waals surface area contributed by atoms with E-state index in [0.717, 1.165) is 11.6 Å². The van der Waals surface area contributed by atoms with Crippen LogP contribution in [0.5, 0.6) is 0 Å². The Morgan fingerprint density at radius 1 is 0.727 bits per heavy atom. The molecule has 3 aliphatic rings. The van der Waals surface area contributed by atoms with Crippen molar-refractivity contribution >= 4 is 16.5 Å². The fraction of sp³-hybridized carbons (Fsp3) is 1.00. The van der Waals surface area contributed by atoms with Gasteiger partial charge in [0.05, 0.1) is 0 Å². The summed E-state index contributed by atoms with van der Waals surface area (Å²) in [6.45, 7) is 5.04. The second kappa shape index (κ2) is 8.81. The van der Waals surface area contributed by atoms with E-state index in [0.29, 0.717) is 7.92 Å². The molecule has 3 saturated carbocycles. The van der Waals surface area contributed by atoms with Crippen molar-refractivity contribution in [1.29, 1.82) is 0 Å². The molecule has 0 aromatic heterocycles. The largest absolute Gasteiger partial charge is 0.122 e. The van der Waals surface area contributed by atoms with Gasteiger partial charge in [0.1, 0.15) is 0 Å². The lowest BCUT2D eigenvalue weighted by molar-refractivity contribution is 0.469. The predicted molar refractivity (Wildman–Crippen MR) is 105 cm³/mol. The van der Waals surface area contributed by atoms with Crippen molar-refractivity contribution < 1.29 is 0 Å². The van der Waals surface area contributed by atoms with E-state index in [9.17, 15) is 0 Å². The van der Waals surface area contributed by atoms with Gasteiger partial charge in [-0.15, -0.1) is 8.58 Å². The van der Waals surface area contributed by atoms with Crippen molar-refractivity contribution in [2.24, 2.45) is 5.92 Å². The molecule has 2 heteroatoms. The van der Waals surface area contributed by atoms with E-state index in [1.165, 1.54) is 38.4 Å². The monoisotopic (exact) mass is 340 g/mol. The zero-order chi connectivity index (χ0) is 15.4. The highest BCUT2D eigenvalue weighted by atomic mass is 31.1. The molecular formula is C20H38P2. The summed E-state index contributed by atoms with van der Waals surface area (Å²) in [5.74, 6) is 1.11. The van der Waals surface area contributed by atoms with E-state index < -0.39 is 0 Å². The first-order valence-electron chi connectivity index (χ1n) is 10.3. The lowest BCUT2D eigenvalue weighted by Crippen LogP contribution is -2.31. The van der Waals surface area contributed by atoms with Crippen molar-refractivity contribution in [3.63, 3.8) is 0 Å². The number of hydrogen-bond donors (Lipinski definition) is 0. The Labute approximate surface area is 142 Å². The van der Waals surface area contributed by atoms with Crippen LogP contribution in [-0.4, -0.2) is 29.3 Å². The van der Waals surface area contributed by atoms with Crippen LogP contribution >= 0.6 is 16.5 Å². The second-order valence-corrected chi connectivity index (χ2v) is 12.8. The first-order chi connectivity index (χ1) is 10.8. The minimum Gasteiger partial charge on any atom is -0.122 e. The maximum absolute atomic E-state index is 2.58. The Morgan fingerprint density at radius 3 is 1.77 bits per heavy atom. The molecule has 3 rings (SSSR count). The number of rotatable bonds is 5. The predicted octanol–water partition coefficient (Wildman–Crippen LogP) is 7.00. The molecule has 3 aliphatic carbocycles. The molecule has 3 fully saturated rings. The molecule has 4 atom stereocenters. The van der Waals surface area contributed by atoms with Crippen molar-refractivity contribution in [2.45, 2.75) is 113 Å². The topological polar surface area (TPSA) is 0 Å². The molecular weight excluding hydrogens is 302 g/mol. The van der Waals surface area contributed by atoms with Crippen LogP contribution in [0.3, 0.4) is 0 Å². The van der Waals surface area contributed by atoms with E-state index in [1.54, 1.807) is 70.6 Å². The fourth-order valence-corrected chi connectivity index (χ4v) is 11.7. The lowest BCUT2D eigenvalue weighted by Gasteiger charge is -2.45. The summed E-state index contributed by atoms with van der Waals surface area (Å²) in [5, 5.41) is 0. The molecule has 0 bridgehead atoms. The van der Waals surface area contributed by atoms with Crippen LogP contribution in [0.1, 0.15) is 90.4 Å². The fourth-order valence-electron chi connectivity index (χ4n) is 5.73. The zero-order valence-corrected chi connectivity index (χ0v) is 16.9. The minimum atomic E-state index is 0.329. The van der Waals surface area contributed by atoms with Crippen LogP contribution in [0.2, 0.25) is 0 Å². The molecule has 22 heavy (non-hydrogen) atoms. The first-order valence-corrected chi connectivity index (χ1v) is 13.4. The van der Waals surface area contributed by atoms with E-state index in [4.69, 9.17) is 0 Å². The summed E-state index contributed by atoms with van der Waals surface area (Å²) >= 11 is 0. The van der Waals surface area contributed by atoms with Crippen molar-refractivity contribution in [2.75, 3.05) is 6.66 Å². The van der Waals surface area contributed by atoms with E-state index >= 15 is 0 Å². The van der Waals surface area contributed by atoms with E-state index in [-0.39, 0.29) is 0 Å². The molecule has 0 aliphatic heterocycles. The Bertz CT molecular complexity index is 300. The highest BCUT2D eigenvalue weighted by Crippen LogP contribution is 2.64. The Kier molecular flexibility index (Phi) is 7.08. The van der Waals surface area contributed by atoms with Gasteiger partial charge in [0.15, 0.2) is 0 Å². The van der Waals surface area contributed by atoms with Crippen LogP contribution in [0, 0.1) is 5.92 Å².